The summed E-state index contributed by atoms with van der Waals surface area (Å²) >= 11 is 0. The Morgan fingerprint density at radius 1 is 1.50 bits per heavy atom. The molecule has 5 nitrogen and oxygen atoms in total. The zero-order valence-electron chi connectivity index (χ0n) is 9.01. The number of aliphatic carboxylic acids is 1. The Morgan fingerprint density at radius 2 is 2.25 bits per heavy atom. The molecule has 0 aromatic carbocycles. The molecule has 1 aromatic rings. The van der Waals surface area contributed by atoms with Gasteiger partial charge in [0, 0.05) is 18.7 Å². The van der Waals surface area contributed by atoms with Gasteiger partial charge in [-0.25, -0.2) is 0 Å². The Balaban J connectivity index is 2.43. The Morgan fingerprint density at radius 3 is 2.81 bits per heavy atom. The number of hydrogen-bond acceptors (Lipinski definition) is 3. The van der Waals surface area contributed by atoms with Crippen LogP contribution in [0, 0.1) is 0 Å². The molecule has 1 amide bonds. The van der Waals surface area contributed by atoms with E-state index in [0.29, 0.717) is 12.1 Å². The first-order valence-corrected chi connectivity index (χ1v) is 5.03. The molecule has 1 atom stereocenters. The van der Waals surface area contributed by atoms with Crippen LogP contribution in [0.15, 0.2) is 24.4 Å². The minimum Gasteiger partial charge on any atom is -0.481 e. The van der Waals surface area contributed by atoms with Gasteiger partial charge in [0.2, 0.25) is 0 Å². The second-order valence-electron chi connectivity index (χ2n) is 3.52. The molecule has 2 N–H and O–H groups in total. The molecule has 0 aliphatic heterocycles. The molecule has 0 aliphatic carbocycles. The monoisotopic (exact) mass is 222 g/mol. The summed E-state index contributed by atoms with van der Waals surface area (Å²) in [5.41, 5.74) is 0.338. The highest BCUT2D eigenvalue weighted by atomic mass is 16.4. The first-order chi connectivity index (χ1) is 7.59. The predicted octanol–water partition coefficient (Wildman–Crippen LogP) is 1.06. The highest BCUT2D eigenvalue weighted by Crippen LogP contribution is 1.99. The smallest absolute Gasteiger partial charge is 0.303 e. The number of rotatable bonds is 5. The molecule has 0 radical (unpaired) electrons. The predicted molar refractivity (Wildman–Crippen MR) is 58.0 cm³/mol. The molecule has 0 fully saturated rings. The lowest BCUT2D eigenvalue weighted by molar-refractivity contribution is -0.137. The van der Waals surface area contributed by atoms with Crippen molar-refractivity contribution in [1.29, 1.82) is 0 Å². The topological polar surface area (TPSA) is 79.3 Å². The van der Waals surface area contributed by atoms with Gasteiger partial charge >= 0.3 is 5.97 Å². The number of carbonyl (C=O) groups excluding carboxylic acids is 1. The van der Waals surface area contributed by atoms with Crippen LogP contribution in [0.2, 0.25) is 0 Å². The molecule has 0 bridgehead atoms. The molecule has 0 aliphatic rings. The third-order valence-corrected chi connectivity index (χ3v) is 2.07. The summed E-state index contributed by atoms with van der Waals surface area (Å²) in [5.74, 6) is -1.14. The van der Waals surface area contributed by atoms with Crippen LogP contribution in [0.25, 0.3) is 0 Å². The number of hydrogen-bond donors (Lipinski definition) is 2. The lowest BCUT2D eigenvalue weighted by atomic mass is 10.2. The minimum absolute atomic E-state index is 0.0453. The maximum absolute atomic E-state index is 11.6. The number of nitrogens with one attached hydrogen (secondary N) is 1. The fourth-order valence-corrected chi connectivity index (χ4v) is 1.21. The Hall–Kier alpha value is -1.91. The third kappa shape index (κ3) is 4.08. The van der Waals surface area contributed by atoms with Gasteiger partial charge in [-0.15, -0.1) is 0 Å². The Kier molecular flexibility index (Phi) is 4.44. The molecule has 86 valence electrons. The van der Waals surface area contributed by atoms with Crippen LogP contribution < -0.4 is 5.32 Å². The maximum atomic E-state index is 11.6. The highest BCUT2D eigenvalue weighted by molar-refractivity contribution is 5.92. The van der Waals surface area contributed by atoms with Crippen LogP contribution in [-0.4, -0.2) is 28.0 Å². The summed E-state index contributed by atoms with van der Waals surface area (Å²) in [6.45, 7) is 1.77. The van der Waals surface area contributed by atoms with Crippen molar-refractivity contribution in [3.63, 3.8) is 0 Å². The van der Waals surface area contributed by atoms with E-state index in [1.54, 1.807) is 25.1 Å². The highest BCUT2D eigenvalue weighted by Gasteiger charge is 2.11. The molecule has 0 spiro atoms. The fourth-order valence-electron chi connectivity index (χ4n) is 1.21. The van der Waals surface area contributed by atoms with Crippen molar-refractivity contribution in [2.45, 2.75) is 25.8 Å². The number of pyridine rings is 1. The van der Waals surface area contributed by atoms with Gasteiger partial charge in [0.05, 0.1) is 0 Å². The number of amides is 1. The average molecular weight is 222 g/mol. The third-order valence-electron chi connectivity index (χ3n) is 2.07. The van der Waals surface area contributed by atoms with Crippen molar-refractivity contribution in [1.82, 2.24) is 10.3 Å². The summed E-state index contributed by atoms with van der Waals surface area (Å²) < 4.78 is 0. The molecule has 1 unspecified atom stereocenters. The molecular weight excluding hydrogens is 208 g/mol. The second-order valence-corrected chi connectivity index (χ2v) is 3.52. The number of carboxylic acid groups (broad SMARTS) is 1. The summed E-state index contributed by atoms with van der Waals surface area (Å²) in [4.78, 5) is 25.8. The van der Waals surface area contributed by atoms with E-state index in [0.717, 1.165) is 0 Å². The Bertz CT molecular complexity index is 365. The van der Waals surface area contributed by atoms with E-state index in [-0.39, 0.29) is 18.4 Å². The van der Waals surface area contributed by atoms with Crippen molar-refractivity contribution in [2.75, 3.05) is 0 Å². The van der Waals surface area contributed by atoms with Gasteiger partial charge in [0.1, 0.15) is 5.69 Å². The molecule has 0 saturated carbocycles. The van der Waals surface area contributed by atoms with Gasteiger partial charge < -0.3 is 10.4 Å². The quantitative estimate of drug-likeness (QED) is 0.780. The molecule has 1 rings (SSSR count). The average Bonchev–Trinajstić information content (AvgIpc) is 2.27. The molecule has 5 heteroatoms. The number of aromatic nitrogens is 1. The maximum Gasteiger partial charge on any atom is 0.303 e. The molecule has 1 heterocycles. The molecular formula is C11H14N2O3. The lowest BCUT2D eigenvalue weighted by Gasteiger charge is -2.11. The zero-order valence-corrected chi connectivity index (χ0v) is 9.01. The van der Waals surface area contributed by atoms with Gasteiger partial charge in [-0.2, -0.15) is 0 Å². The molecule has 0 saturated heterocycles. The van der Waals surface area contributed by atoms with Crippen molar-refractivity contribution in [2.24, 2.45) is 0 Å². The van der Waals surface area contributed by atoms with E-state index in [2.05, 4.69) is 10.3 Å². The molecule has 16 heavy (non-hydrogen) atoms. The number of nitrogens with zero attached hydrogens (tertiary/aromatic N) is 1. The van der Waals surface area contributed by atoms with E-state index < -0.39 is 5.97 Å². The van der Waals surface area contributed by atoms with Crippen LogP contribution in [0.1, 0.15) is 30.3 Å². The Labute approximate surface area is 93.5 Å². The van der Waals surface area contributed by atoms with E-state index in [1.807, 2.05) is 0 Å². The molecule has 1 aromatic heterocycles. The standard InChI is InChI=1S/C11H14N2O3/c1-8(5-6-10(14)15)13-11(16)9-4-2-3-7-12-9/h2-4,7-8H,5-6H2,1H3,(H,13,16)(H,14,15). The summed E-state index contributed by atoms with van der Waals surface area (Å²) in [6.07, 6.45) is 1.99. The first-order valence-electron chi connectivity index (χ1n) is 5.03. The van der Waals surface area contributed by atoms with Crippen molar-refractivity contribution < 1.29 is 14.7 Å². The second kappa shape index (κ2) is 5.85. The largest absolute Gasteiger partial charge is 0.481 e. The zero-order chi connectivity index (χ0) is 12.0. The van der Waals surface area contributed by atoms with Crippen LogP contribution in [0.5, 0.6) is 0 Å². The van der Waals surface area contributed by atoms with E-state index >= 15 is 0 Å². The van der Waals surface area contributed by atoms with Gasteiger partial charge in [0.25, 0.3) is 5.91 Å². The van der Waals surface area contributed by atoms with Gasteiger partial charge in [-0.1, -0.05) is 6.07 Å². The number of carbonyl (C=O) groups is 2. The number of carboxylic acids is 1. The van der Waals surface area contributed by atoms with Crippen LogP contribution in [0.3, 0.4) is 0 Å². The van der Waals surface area contributed by atoms with Gasteiger partial charge in [0.15, 0.2) is 0 Å². The van der Waals surface area contributed by atoms with Crippen LogP contribution >= 0.6 is 0 Å². The summed E-state index contributed by atoms with van der Waals surface area (Å²) in [7, 11) is 0. The fraction of sp³-hybridized carbons (Fsp3) is 0.364. The minimum atomic E-state index is -0.862. The first kappa shape index (κ1) is 12.2. The van der Waals surface area contributed by atoms with Crippen molar-refractivity contribution in [3.05, 3.63) is 30.1 Å². The van der Waals surface area contributed by atoms with Gasteiger partial charge in [-0.3, -0.25) is 14.6 Å². The summed E-state index contributed by atoms with van der Waals surface area (Å²) in [5, 5.41) is 11.2. The van der Waals surface area contributed by atoms with Crippen molar-refractivity contribution in [3.8, 4) is 0 Å². The van der Waals surface area contributed by atoms with Crippen LogP contribution in [0.4, 0.5) is 0 Å². The van der Waals surface area contributed by atoms with Crippen molar-refractivity contribution >= 4 is 11.9 Å². The lowest BCUT2D eigenvalue weighted by Crippen LogP contribution is -2.33. The van der Waals surface area contributed by atoms with E-state index in [4.69, 9.17) is 5.11 Å². The van der Waals surface area contributed by atoms with Crippen LogP contribution in [-0.2, 0) is 4.79 Å². The van der Waals surface area contributed by atoms with Gasteiger partial charge in [-0.05, 0) is 25.5 Å². The summed E-state index contributed by atoms with van der Waals surface area (Å²) in [6, 6.07) is 4.89. The van der Waals surface area contributed by atoms with E-state index in [9.17, 15) is 9.59 Å². The van der Waals surface area contributed by atoms with E-state index in [1.165, 1.54) is 6.20 Å². The normalized spacial score (nSPS) is 11.8. The SMILES string of the molecule is CC(CCC(=O)O)NC(=O)c1ccccn1.